The van der Waals surface area contributed by atoms with Gasteiger partial charge in [0.05, 0.1) is 18.3 Å². The minimum atomic E-state index is -2.55. The molecule has 1 saturated carbocycles. The number of phenols is 4. The number of carbonyl (C=O) groups excluding carboxylic acids is 2. The van der Waals surface area contributed by atoms with Crippen molar-refractivity contribution in [2.75, 3.05) is 0 Å². The number of phenolic OH excluding ortho intramolecular Hbond substituents is 4. The number of aromatic hydroxyl groups is 4. The summed E-state index contributed by atoms with van der Waals surface area (Å²) in [7, 11) is 0. The van der Waals surface area contributed by atoms with Crippen LogP contribution in [-0.2, 0) is 30.5 Å². The van der Waals surface area contributed by atoms with Crippen LogP contribution in [0.4, 0.5) is 0 Å². The second kappa shape index (κ2) is 13.5. The number of hydrogen-bond acceptors (Lipinski definition) is 12. The van der Waals surface area contributed by atoms with E-state index in [-0.39, 0.29) is 29.1 Å². The second-order valence-electron chi connectivity index (χ2n) is 10.4. The molecule has 13 heteroatoms. The number of esters is 2. The fourth-order valence-electron chi connectivity index (χ4n) is 4.76. The van der Waals surface area contributed by atoms with Crippen molar-refractivity contribution < 1.29 is 64.7 Å². The molecule has 1 fully saturated rings. The van der Waals surface area contributed by atoms with Crippen molar-refractivity contribution in [1.29, 1.82) is 0 Å². The van der Waals surface area contributed by atoms with Crippen LogP contribution in [0.1, 0.15) is 35.1 Å². The summed E-state index contributed by atoms with van der Waals surface area (Å²) in [5.74, 6) is -5.56. The molecule has 0 bridgehead atoms. The predicted octanol–water partition coefficient (Wildman–Crippen LogP) is 2.05. The molecule has 236 valence electrons. The van der Waals surface area contributed by atoms with E-state index in [4.69, 9.17) is 9.47 Å². The largest absolute Gasteiger partial charge is 0.504 e. The van der Waals surface area contributed by atoms with Crippen LogP contribution < -0.4 is 0 Å². The van der Waals surface area contributed by atoms with Gasteiger partial charge in [-0.2, -0.15) is 0 Å². The van der Waals surface area contributed by atoms with Crippen molar-refractivity contribution in [3.05, 3.63) is 89.0 Å². The van der Waals surface area contributed by atoms with Crippen LogP contribution in [0.3, 0.4) is 0 Å². The molecule has 1 aliphatic rings. The van der Waals surface area contributed by atoms with Crippen molar-refractivity contribution in [1.82, 2.24) is 0 Å². The Kier molecular flexibility index (Phi) is 9.77. The second-order valence-corrected chi connectivity index (χ2v) is 10.4. The number of carboxylic acid groups (broad SMARTS) is 1. The lowest BCUT2D eigenvalue weighted by atomic mass is 9.79. The van der Waals surface area contributed by atoms with Gasteiger partial charge in [-0.3, -0.25) is 0 Å². The zero-order chi connectivity index (χ0) is 32.9. The van der Waals surface area contributed by atoms with Crippen LogP contribution in [0.2, 0.25) is 0 Å². The van der Waals surface area contributed by atoms with Crippen LogP contribution in [0, 0.1) is 0 Å². The standard InChI is InChI=1S/C32H30O13/c33-16-19-2-1-3-20(10-19)21(11-18-5-8-23(35)25(37)13-18)30(40)44-27-15-32(43,31(41)42)14-26(38)29(27)45-28(39)9-6-17-4-7-22(34)24(36)12-17/h1-13,26-27,29,33-38,43H,14-16H2,(H,41,42)/b9-6-,21-11+/t26-,27-,29+,32-/m1/s1. The van der Waals surface area contributed by atoms with E-state index in [0.717, 1.165) is 12.1 Å². The molecular formula is C32H30O13. The zero-order valence-corrected chi connectivity index (χ0v) is 23.5. The minimum Gasteiger partial charge on any atom is -0.504 e. The fourth-order valence-corrected chi connectivity index (χ4v) is 4.76. The van der Waals surface area contributed by atoms with E-state index in [1.807, 2.05) is 0 Å². The zero-order valence-electron chi connectivity index (χ0n) is 23.5. The first-order valence-electron chi connectivity index (χ1n) is 13.5. The molecule has 0 radical (unpaired) electrons. The Bertz CT molecular complexity index is 1660. The number of ether oxygens (including phenoxy) is 2. The third-order valence-electron chi connectivity index (χ3n) is 7.10. The van der Waals surface area contributed by atoms with E-state index in [0.29, 0.717) is 11.1 Å². The molecule has 13 nitrogen and oxygen atoms in total. The highest BCUT2D eigenvalue weighted by Gasteiger charge is 2.52. The lowest BCUT2D eigenvalue weighted by Crippen LogP contribution is -2.58. The van der Waals surface area contributed by atoms with E-state index in [9.17, 15) is 55.2 Å². The van der Waals surface area contributed by atoms with E-state index < -0.39 is 71.9 Å². The molecule has 0 spiro atoms. The van der Waals surface area contributed by atoms with E-state index in [2.05, 4.69) is 0 Å². The summed E-state index contributed by atoms with van der Waals surface area (Å²) in [6, 6.07) is 13.6. The van der Waals surface area contributed by atoms with Crippen LogP contribution >= 0.6 is 0 Å². The van der Waals surface area contributed by atoms with Crippen molar-refractivity contribution >= 4 is 35.6 Å². The lowest BCUT2D eigenvalue weighted by molar-refractivity contribution is -0.204. The number of carboxylic acids is 1. The average molecular weight is 623 g/mol. The third-order valence-corrected chi connectivity index (χ3v) is 7.10. The normalized spacial score (nSPS) is 21.8. The SMILES string of the molecule is O=C(/C=C\c1ccc(O)c(O)c1)O[C@H]1[C@H](O)C[C@](O)(C(=O)O)C[C@H]1OC(=O)/C(=C/c1ccc(O)c(O)c1)c1cccc(CO)c1. The number of rotatable bonds is 9. The lowest BCUT2D eigenvalue weighted by Gasteiger charge is -2.40. The maximum atomic E-state index is 13.7. The summed E-state index contributed by atoms with van der Waals surface area (Å²) in [6.07, 6.45) is -3.15. The number of aliphatic hydroxyl groups is 3. The molecule has 3 aromatic rings. The third kappa shape index (κ3) is 7.78. The Morgan fingerprint density at radius 2 is 1.49 bits per heavy atom. The smallest absolute Gasteiger partial charge is 0.339 e. The van der Waals surface area contributed by atoms with E-state index in [1.54, 1.807) is 12.1 Å². The van der Waals surface area contributed by atoms with Gasteiger partial charge in [0.25, 0.3) is 0 Å². The van der Waals surface area contributed by atoms with Crippen molar-refractivity contribution in [3.8, 4) is 23.0 Å². The summed E-state index contributed by atoms with van der Waals surface area (Å²) in [5, 5.41) is 79.5. The molecule has 0 heterocycles. The molecule has 4 rings (SSSR count). The highest BCUT2D eigenvalue weighted by Crippen LogP contribution is 2.35. The number of aliphatic hydroxyl groups excluding tert-OH is 2. The molecule has 1 aliphatic carbocycles. The van der Waals surface area contributed by atoms with Gasteiger partial charge >= 0.3 is 17.9 Å². The molecule has 4 atom stereocenters. The molecule has 0 unspecified atom stereocenters. The van der Waals surface area contributed by atoms with Crippen LogP contribution in [0.5, 0.6) is 23.0 Å². The Morgan fingerprint density at radius 3 is 2.11 bits per heavy atom. The van der Waals surface area contributed by atoms with Gasteiger partial charge in [-0.05, 0) is 64.7 Å². The fraction of sp³-hybridized carbons (Fsp3) is 0.219. The van der Waals surface area contributed by atoms with Gasteiger partial charge in [0.1, 0.15) is 6.10 Å². The number of hydrogen-bond donors (Lipinski definition) is 8. The van der Waals surface area contributed by atoms with Gasteiger partial charge in [-0.25, -0.2) is 14.4 Å². The molecule has 0 amide bonds. The van der Waals surface area contributed by atoms with Gasteiger partial charge in [0.2, 0.25) is 0 Å². The van der Waals surface area contributed by atoms with Gasteiger partial charge in [0, 0.05) is 18.9 Å². The van der Waals surface area contributed by atoms with Gasteiger partial charge in [-0.15, -0.1) is 0 Å². The first-order valence-corrected chi connectivity index (χ1v) is 13.5. The Balaban J connectivity index is 1.67. The monoisotopic (exact) mass is 622 g/mol. The average Bonchev–Trinajstić information content (AvgIpc) is 2.99. The van der Waals surface area contributed by atoms with Crippen molar-refractivity contribution in [3.63, 3.8) is 0 Å². The first-order chi connectivity index (χ1) is 21.3. The molecule has 45 heavy (non-hydrogen) atoms. The summed E-state index contributed by atoms with van der Waals surface area (Å²) in [4.78, 5) is 38.3. The number of benzene rings is 3. The first kappa shape index (κ1) is 32.5. The summed E-state index contributed by atoms with van der Waals surface area (Å²) >= 11 is 0. The predicted molar refractivity (Wildman–Crippen MR) is 156 cm³/mol. The summed E-state index contributed by atoms with van der Waals surface area (Å²) in [5.41, 5.74) is -1.51. The highest BCUT2D eigenvalue weighted by atomic mass is 16.6. The minimum absolute atomic E-state index is 0.161. The van der Waals surface area contributed by atoms with E-state index in [1.165, 1.54) is 54.6 Å². The van der Waals surface area contributed by atoms with Crippen LogP contribution in [0.25, 0.3) is 17.7 Å². The van der Waals surface area contributed by atoms with Crippen molar-refractivity contribution in [2.45, 2.75) is 43.4 Å². The summed E-state index contributed by atoms with van der Waals surface area (Å²) in [6.45, 7) is -0.369. The van der Waals surface area contributed by atoms with Gasteiger partial charge < -0.3 is 50.3 Å². The van der Waals surface area contributed by atoms with Crippen LogP contribution in [0.15, 0.2) is 66.7 Å². The summed E-state index contributed by atoms with van der Waals surface area (Å²) < 4.78 is 11.0. The maximum absolute atomic E-state index is 13.7. The number of aliphatic carboxylic acids is 1. The molecular weight excluding hydrogens is 592 g/mol. The van der Waals surface area contributed by atoms with Gasteiger partial charge in [-0.1, -0.05) is 30.3 Å². The molecule has 8 N–H and O–H groups in total. The van der Waals surface area contributed by atoms with Gasteiger partial charge in [0.15, 0.2) is 34.7 Å². The maximum Gasteiger partial charge on any atom is 0.339 e. The molecule has 0 aromatic heterocycles. The Hall–Kier alpha value is -5.37. The quantitative estimate of drug-likeness (QED) is 0.0740. The molecule has 0 aliphatic heterocycles. The molecule has 0 saturated heterocycles. The topological polar surface area (TPSA) is 232 Å². The number of carbonyl (C=O) groups is 3. The van der Waals surface area contributed by atoms with Crippen molar-refractivity contribution in [2.24, 2.45) is 0 Å². The van der Waals surface area contributed by atoms with Crippen LogP contribution in [-0.4, -0.2) is 82.7 Å². The highest BCUT2D eigenvalue weighted by molar-refractivity contribution is 6.21. The van der Waals surface area contributed by atoms with E-state index >= 15 is 0 Å². The Morgan fingerprint density at radius 1 is 0.844 bits per heavy atom. The molecule has 3 aromatic carbocycles. The Labute approximate surface area is 255 Å².